The van der Waals surface area contributed by atoms with E-state index in [0.717, 1.165) is 25.9 Å². The molecule has 0 spiro atoms. The molecule has 1 fully saturated rings. The van der Waals surface area contributed by atoms with E-state index in [1.807, 2.05) is 4.90 Å². The maximum absolute atomic E-state index is 11.1. The topological polar surface area (TPSA) is 55.3 Å². The van der Waals surface area contributed by atoms with Crippen molar-refractivity contribution in [2.45, 2.75) is 18.9 Å². The quantitative estimate of drug-likeness (QED) is 0.660. The van der Waals surface area contributed by atoms with Crippen LogP contribution in [0.4, 0.5) is 4.79 Å². The fourth-order valence-corrected chi connectivity index (χ4v) is 1.78. The Labute approximate surface area is 95.2 Å². The molecular weight excluding hydrogens is 205 g/mol. The van der Waals surface area contributed by atoms with E-state index in [-0.39, 0.29) is 11.9 Å². The van der Waals surface area contributed by atoms with E-state index in [1.165, 1.54) is 0 Å². The van der Waals surface area contributed by atoms with Gasteiger partial charge in [-0.15, -0.1) is 0 Å². The van der Waals surface area contributed by atoms with Crippen LogP contribution in [0, 0.1) is 0 Å². The van der Waals surface area contributed by atoms with Crippen LogP contribution in [-0.2, 0) is 0 Å². The zero-order chi connectivity index (χ0) is 11.4. The molecule has 16 heavy (non-hydrogen) atoms. The van der Waals surface area contributed by atoms with Gasteiger partial charge in [0.1, 0.15) is 6.10 Å². The molecule has 1 aromatic heterocycles. The zero-order valence-electron chi connectivity index (χ0n) is 9.30. The Morgan fingerprint density at radius 2 is 2.00 bits per heavy atom. The molecule has 2 heterocycles. The van der Waals surface area contributed by atoms with E-state index in [1.54, 1.807) is 26.3 Å². The molecular formula is C10H14BN3O2. The van der Waals surface area contributed by atoms with Crippen LogP contribution >= 0.6 is 0 Å². The maximum Gasteiger partial charge on any atom is 0.316 e. The molecule has 1 saturated heterocycles. The number of nitrogens with zero attached hydrogens (tertiary/aromatic N) is 3. The molecule has 84 valence electrons. The number of aromatic nitrogens is 2. The molecule has 0 unspecified atom stereocenters. The number of hydrogen-bond acceptors (Lipinski definition) is 4. The highest BCUT2D eigenvalue weighted by atomic mass is 16.5. The van der Waals surface area contributed by atoms with Gasteiger partial charge in [0, 0.05) is 38.3 Å². The summed E-state index contributed by atoms with van der Waals surface area (Å²) in [5.41, 5.74) is 0. The summed E-state index contributed by atoms with van der Waals surface area (Å²) in [7, 11) is 1.60. The van der Waals surface area contributed by atoms with Crippen LogP contribution in [0.2, 0.25) is 0 Å². The number of carbonyl (C=O) groups excluding carboxylic acids is 1. The van der Waals surface area contributed by atoms with Crippen molar-refractivity contribution in [2.75, 3.05) is 13.1 Å². The summed E-state index contributed by atoms with van der Waals surface area (Å²) < 4.78 is 5.62. The first-order valence-corrected chi connectivity index (χ1v) is 5.45. The Balaban J connectivity index is 1.84. The van der Waals surface area contributed by atoms with Crippen LogP contribution in [0.5, 0.6) is 6.01 Å². The van der Waals surface area contributed by atoms with Gasteiger partial charge in [-0.3, -0.25) is 4.79 Å². The van der Waals surface area contributed by atoms with Crippen LogP contribution in [0.25, 0.3) is 0 Å². The first kappa shape index (κ1) is 10.9. The van der Waals surface area contributed by atoms with E-state index in [9.17, 15) is 4.79 Å². The van der Waals surface area contributed by atoms with Crippen molar-refractivity contribution in [3.63, 3.8) is 0 Å². The smallest absolute Gasteiger partial charge is 0.316 e. The van der Waals surface area contributed by atoms with Crippen molar-refractivity contribution in [2.24, 2.45) is 0 Å². The summed E-state index contributed by atoms with van der Waals surface area (Å²) in [5, 5.41) is 0. The van der Waals surface area contributed by atoms with Crippen LogP contribution < -0.4 is 4.74 Å². The lowest BCUT2D eigenvalue weighted by Crippen LogP contribution is -2.41. The van der Waals surface area contributed by atoms with Gasteiger partial charge in [0.05, 0.1) is 0 Å². The Morgan fingerprint density at radius 3 is 2.56 bits per heavy atom. The molecule has 1 aliphatic heterocycles. The van der Waals surface area contributed by atoms with E-state index < -0.39 is 0 Å². The third kappa shape index (κ3) is 2.71. The van der Waals surface area contributed by atoms with Gasteiger partial charge in [-0.1, -0.05) is 0 Å². The first-order chi connectivity index (χ1) is 7.75. The Hall–Kier alpha value is -1.59. The number of hydrogen-bond donors (Lipinski definition) is 0. The predicted molar refractivity (Wildman–Crippen MR) is 61.2 cm³/mol. The molecule has 0 bridgehead atoms. The van der Waals surface area contributed by atoms with Gasteiger partial charge in [0.2, 0.25) is 7.85 Å². The molecule has 0 aromatic carbocycles. The second kappa shape index (κ2) is 4.96. The van der Waals surface area contributed by atoms with E-state index in [4.69, 9.17) is 4.74 Å². The van der Waals surface area contributed by atoms with E-state index in [0.29, 0.717) is 6.01 Å². The Kier molecular flexibility index (Phi) is 3.39. The molecule has 0 aliphatic carbocycles. The molecule has 2 rings (SSSR count). The standard InChI is InChI=1S/C10H14BN3O2/c11-9(15)14-6-2-8(3-7-14)16-10-12-4-1-5-13-10/h1,4-5,8H,2-3,6-7,11H2. The lowest BCUT2D eigenvalue weighted by Gasteiger charge is -2.31. The van der Waals surface area contributed by atoms with Gasteiger partial charge in [0.15, 0.2) is 5.81 Å². The van der Waals surface area contributed by atoms with Crippen LogP contribution in [0.1, 0.15) is 12.8 Å². The van der Waals surface area contributed by atoms with Gasteiger partial charge in [0.25, 0.3) is 0 Å². The number of rotatable bonds is 2. The van der Waals surface area contributed by atoms with Crippen LogP contribution in [0.3, 0.4) is 0 Å². The fraction of sp³-hybridized carbons (Fsp3) is 0.500. The second-order valence-corrected chi connectivity index (χ2v) is 3.85. The van der Waals surface area contributed by atoms with E-state index in [2.05, 4.69) is 9.97 Å². The molecule has 0 atom stereocenters. The summed E-state index contributed by atoms with van der Waals surface area (Å²) in [6.45, 7) is 1.51. The summed E-state index contributed by atoms with van der Waals surface area (Å²) in [6, 6.07) is 2.18. The average Bonchev–Trinajstić information content (AvgIpc) is 2.31. The van der Waals surface area contributed by atoms with Crippen molar-refractivity contribution >= 4 is 13.7 Å². The highest BCUT2D eigenvalue weighted by Gasteiger charge is 2.22. The fourth-order valence-electron chi connectivity index (χ4n) is 1.78. The Morgan fingerprint density at radius 1 is 1.38 bits per heavy atom. The molecule has 0 radical (unpaired) electrons. The van der Waals surface area contributed by atoms with Crippen LogP contribution in [-0.4, -0.2) is 47.7 Å². The lowest BCUT2D eigenvalue weighted by atomic mass is 10.0. The number of likely N-dealkylation sites (tertiary alicyclic amines) is 1. The van der Waals surface area contributed by atoms with Gasteiger partial charge >= 0.3 is 6.01 Å². The van der Waals surface area contributed by atoms with E-state index >= 15 is 0 Å². The third-order valence-electron chi connectivity index (χ3n) is 2.70. The maximum atomic E-state index is 11.1. The van der Waals surface area contributed by atoms with Crippen molar-refractivity contribution in [1.29, 1.82) is 0 Å². The van der Waals surface area contributed by atoms with Gasteiger partial charge in [-0.25, -0.2) is 9.97 Å². The second-order valence-electron chi connectivity index (χ2n) is 3.85. The number of carbonyl (C=O) groups is 1. The largest absolute Gasteiger partial charge is 0.460 e. The number of amides is 1. The lowest BCUT2D eigenvalue weighted by molar-refractivity contribution is 0.110. The van der Waals surface area contributed by atoms with Crippen molar-refractivity contribution in [3.8, 4) is 6.01 Å². The number of ether oxygens (including phenoxy) is 1. The monoisotopic (exact) mass is 219 g/mol. The highest BCUT2D eigenvalue weighted by molar-refractivity contribution is 6.56. The predicted octanol–water partition coefficient (Wildman–Crippen LogP) is 0.0729. The zero-order valence-corrected chi connectivity index (χ0v) is 9.30. The molecule has 6 heteroatoms. The average molecular weight is 219 g/mol. The number of piperidine rings is 1. The summed E-state index contributed by atoms with van der Waals surface area (Å²) in [4.78, 5) is 21.0. The third-order valence-corrected chi connectivity index (χ3v) is 2.70. The summed E-state index contributed by atoms with van der Waals surface area (Å²) in [6.07, 6.45) is 5.13. The normalized spacial score (nSPS) is 17.1. The van der Waals surface area contributed by atoms with Gasteiger partial charge in [-0.2, -0.15) is 0 Å². The highest BCUT2D eigenvalue weighted by Crippen LogP contribution is 2.15. The van der Waals surface area contributed by atoms with Crippen molar-refractivity contribution in [1.82, 2.24) is 14.9 Å². The minimum Gasteiger partial charge on any atom is -0.460 e. The molecule has 0 N–H and O–H groups in total. The van der Waals surface area contributed by atoms with Gasteiger partial charge in [-0.05, 0) is 6.07 Å². The molecule has 0 saturated carbocycles. The van der Waals surface area contributed by atoms with Crippen molar-refractivity contribution < 1.29 is 9.53 Å². The van der Waals surface area contributed by atoms with Crippen LogP contribution in [0.15, 0.2) is 18.5 Å². The minimum atomic E-state index is 0.123. The molecule has 1 amide bonds. The molecule has 1 aliphatic rings. The summed E-state index contributed by atoms with van der Waals surface area (Å²) >= 11 is 0. The SMILES string of the molecule is BC(=O)N1CCC(Oc2ncccn2)CC1. The van der Waals surface area contributed by atoms with Crippen molar-refractivity contribution in [3.05, 3.63) is 18.5 Å². The molecule has 1 aromatic rings. The summed E-state index contributed by atoms with van der Waals surface area (Å²) in [5.74, 6) is 0.134. The Bertz CT molecular complexity index is 352. The first-order valence-electron chi connectivity index (χ1n) is 5.45. The minimum absolute atomic E-state index is 0.123. The van der Waals surface area contributed by atoms with Gasteiger partial charge < -0.3 is 9.64 Å². The molecule has 5 nitrogen and oxygen atoms in total.